The molecule has 0 N–H and O–H groups in total. The fraction of sp³-hybridized carbons (Fsp3) is 0.276. The molecule has 0 saturated heterocycles. The first kappa shape index (κ1) is 25.1. The first-order chi connectivity index (χ1) is 18.6. The molecule has 194 valence electrons. The molecule has 0 saturated carbocycles. The zero-order chi connectivity index (χ0) is 26.3. The van der Waals surface area contributed by atoms with Gasteiger partial charge in [0.05, 0.1) is 12.2 Å². The summed E-state index contributed by atoms with van der Waals surface area (Å²) in [6, 6.07) is 21.1. The summed E-state index contributed by atoms with van der Waals surface area (Å²) >= 11 is 0. The smallest absolute Gasteiger partial charge is 0.366 e. The van der Waals surface area contributed by atoms with Crippen LogP contribution in [0.3, 0.4) is 0 Å². The van der Waals surface area contributed by atoms with Crippen molar-refractivity contribution in [3.8, 4) is 28.7 Å². The van der Waals surface area contributed by atoms with E-state index in [2.05, 4.69) is 22.3 Å². The van der Waals surface area contributed by atoms with E-state index in [0.29, 0.717) is 45.4 Å². The Hall–Kier alpha value is -4.53. The minimum atomic E-state index is -0.410. The number of carbonyl (C=O) groups excluding carboxylic acids is 1. The number of rotatable bonds is 11. The minimum Gasteiger partial charge on any atom is -0.691 e. The first-order valence-electron chi connectivity index (χ1n) is 12.9. The third kappa shape index (κ3) is 5.56. The maximum Gasteiger partial charge on any atom is 0.366 e. The number of hydrogen-bond acceptors (Lipinski definition) is 7. The largest absolute Gasteiger partial charge is 0.691 e. The van der Waals surface area contributed by atoms with Gasteiger partial charge < -0.3 is 14.4 Å². The van der Waals surface area contributed by atoms with Crippen LogP contribution in [0, 0.1) is 5.21 Å². The van der Waals surface area contributed by atoms with Gasteiger partial charge in [0, 0.05) is 11.1 Å². The maximum atomic E-state index is 13.0. The van der Waals surface area contributed by atoms with E-state index in [1.54, 1.807) is 48.5 Å². The van der Waals surface area contributed by atoms with E-state index in [-0.39, 0.29) is 0 Å². The second-order valence-corrected chi connectivity index (χ2v) is 9.10. The first-order valence-corrected chi connectivity index (χ1v) is 12.9. The van der Waals surface area contributed by atoms with E-state index in [1.807, 2.05) is 24.3 Å². The van der Waals surface area contributed by atoms with Crippen LogP contribution < -0.4 is 9.58 Å². The fourth-order valence-electron chi connectivity index (χ4n) is 4.23. The quantitative estimate of drug-likeness (QED) is 0.125. The molecule has 0 spiro atoms. The molecular formula is C29H29N5O4. The van der Waals surface area contributed by atoms with Crippen LogP contribution in [0.15, 0.2) is 77.2 Å². The molecule has 9 heteroatoms. The highest BCUT2D eigenvalue weighted by Crippen LogP contribution is 2.26. The maximum absolute atomic E-state index is 13.0. The van der Waals surface area contributed by atoms with Crippen molar-refractivity contribution >= 4 is 16.9 Å². The highest BCUT2D eigenvalue weighted by atomic mass is 16.5. The minimum absolute atomic E-state index is 0.327. The van der Waals surface area contributed by atoms with Gasteiger partial charge in [-0.1, -0.05) is 55.8 Å². The highest BCUT2D eigenvalue weighted by molar-refractivity contribution is 5.99. The lowest BCUT2D eigenvalue weighted by atomic mass is 10.1. The number of para-hydroxylation sites is 2. The predicted octanol–water partition coefficient (Wildman–Crippen LogP) is 5.81. The Morgan fingerprint density at radius 2 is 1.50 bits per heavy atom. The molecular weight excluding hydrogens is 482 g/mol. The molecule has 0 radical (unpaired) electrons. The number of benzene rings is 3. The second-order valence-electron chi connectivity index (χ2n) is 9.10. The SMILES string of the molecule is CCCCCCCCOc1ccc(-c2nnc(-c3ccc(C(=O)n4n[n+]([O-])c5ccccc54)cc3)o2)cc1. The Balaban J connectivity index is 1.21. The van der Waals surface area contributed by atoms with E-state index >= 15 is 0 Å². The molecule has 0 atom stereocenters. The van der Waals surface area contributed by atoms with Crippen molar-refractivity contribution in [1.82, 2.24) is 20.1 Å². The lowest BCUT2D eigenvalue weighted by Crippen LogP contribution is -2.31. The van der Waals surface area contributed by atoms with Crippen LogP contribution in [0.2, 0.25) is 0 Å². The van der Waals surface area contributed by atoms with Crippen LogP contribution in [-0.4, -0.2) is 32.6 Å². The van der Waals surface area contributed by atoms with Gasteiger partial charge >= 0.3 is 5.91 Å². The van der Waals surface area contributed by atoms with Gasteiger partial charge in [0.15, 0.2) is 0 Å². The molecule has 0 amide bonds. The number of nitrogens with zero attached hydrogens (tertiary/aromatic N) is 5. The van der Waals surface area contributed by atoms with Crippen LogP contribution in [0.5, 0.6) is 5.75 Å². The molecule has 5 aromatic rings. The van der Waals surface area contributed by atoms with Gasteiger partial charge in [-0.2, -0.15) is 0 Å². The van der Waals surface area contributed by atoms with Crippen LogP contribution in [0.25, 0.3) is 33.9 Å². The Kier molecular flexibility index (Phi) is 7.73. The lowest BCUT2D eigenvalue weighted by Gasteiger charge is -2.06. The molecule has 2 aromatic heterocycles. The van der Waals surface area contributed by atoms with Crippen molar-refractivity contribution in [2.75, 3.05) is 6.61 Å². The monoisotopic (exact) mass is 511 g/mol. The number of unbranched alkanes of at least 4 members (excludes halogenated alkanes) is 5. The number of hydrogen-bond donors (Lipinski definition) is 0. The third-order valence-corrected chi connectivity index (χ3v) is 6.35. The highest BCUT2D eigenvalue weighted by Gasteiger charge is 2.23. The molecule has 0 aliphatic heterocycles. The summed E-state index contributed by atoms with van der Waals surface area (Å²) in [5.41, 5.74) is 2.60. The standard InChI is InChI=1S/C29H29N5O4/c1-2-3-4-5-6-9-20-37-24-18-16-22(17-19-24)28-31-30-27(38-28)21-12-14-23(15-13-21)29(35)33-25-10-7-8-11-26(25)34(36)32-33/h7-8,10-19H,2-6,9,20H2,1H3. The molecule has 2 heterocycles. The summed E-state index contributed by atoms with van der Waals surface area (Å²) in [6.07, 6.45) is 7.37. The molecule has 0 aliphatic carbocycles. The summed E-state index contributed by atoms with van der Waals surface area (Å²) in [5, 5.41) is 24.1. The molecule has 0 fully saturated rings. The molecule has 3 aromatic carbocycles. The van der Waals surface area contributed by atoms with Crippen LogP contribution >= 0.6 is 0 Å². The van der Waals surface area contributed by atoms with E-state index in [1.165, 1.54) is 32.1 Å². The Morgan fingerprint density at radius 3 is 2.21 bits per heavy atom. The van der Waals surface area contributed by atoms with Gasteiger partial charge in [0.2, 0.25) is 22.8 Å². The van der Waals surface area contributed by atoms with Gasteiger partial charge in [0.1, 0.15) is 11.0 Å². The summed E-state index contributed by atoms with van der Waals surface area (Å²) in [5.74, 6) is 1.14. The normalized spacial score (nSPS) is 11.2. The van der Waals surface area contributed by atoms with Gasteiger partial charge in [-0.05, 0) is 67.1 Å². The average Bonchev–Trinajstić information content (AvgIpc) is 3.58. The molecule has 0 unspecified atom stereocenters. The topological polar surface area (TPSA) is 110 Å². The molecule has 38 heavy (non-hydrogen) atoms. The van der Waals surface area contributed by atoms with Crippen LogP contribution in [0.1, 0.15) is 55.8 Å². The third-order valence-electron chi connectivity index (χ3n) is 6.35. The predicted molar refractivity (Wildman–Crippen MR) is 142 cm³/mol. The van der Waals surface area contributed by atoms with Crippen molar-refractivity contribution in [2.45, 2.75) is 45.4 Å². The Morgan fingerprint density at radius 1 is 0.868 bits per heavy atom. The van der Waals surface area contributed by atoms with Crippen molar-refractivity contribution in [3.05, 3.63) is 83.6 Å². The zero-order valence-electron chi connectivity index (χ0n) is 21.2. The van der Waals surface area contributed by atoms with E-state index in [0.717, 1.165) is 22.4 Å². The lowest BCUT2D eigenvalue weighted by molar-refractivity contribution is -0.645. The average molecular weight is 512 g/mol. The second kappa shape index (κ2) is 11.7. The van der Waals surface area contributed by atoms with E-state index in [9.17, 15) is 10.0 Å². The van der Waals surface area contributed by atoms with Crippen molar-refractivity contribution < 1.29 is 18.8 Å². The van der Waals surface area contributed by atoms with Crippen LogP contribution in [0.4, 0.5) is 0 Å². The van der Waals surface area contributed by atoms with E-state index in [4.69, 9.17) is 9.15 Å². The molecule has 9 nitrogen and oxygen atoms in total. The van der Waals surface area contributed by atoms with Crippen molar-refractivity contribution in [3.63, 3.8) is 0 Å². The zero-order valence-corrected chi connectivity index (χ0v) is 21.2. The van der Waals surface area contributed by atoms with Crippen molar-refractivity contribution in [2.24, 2.45) is 0 Å². The number of aromatic nitrogens is 5. The Labute approximate surface area is 220 Å². The number of ether oxygens (including phenoxy) is 1. The molecule has 0 aliphatic rings. The van der Waals surface area contributed by atoms with E-state index < -0.39 is 5.91 Å². The van der Waals surface area contributed by atoms with Crippen molar-refractivity contribution in [1.29, 1.82) is 0 Å². The number of carbonyl (C=O) groups is 1. The fourth-order valence-corrected chi connectivity index (χ4v) is 4.23. The summed E-state index contributed by atoms with van der Waals surface area (Å²) < 4.78 is 12.8. The van der Waals surface area contributed by atoms with Gasteiger partial charge in [-0.25, -0.2) is 4.79 Å². The van der Waals surface area contributed by atoms with Gasteiger partial charge in [-0.3, -0.25) is 0 Å². The number of fused-ring (bicyclic) bond motifs is 1. The van der Waals surface area contributed by atoms with Gasteiger partial charge in [-0.15, -0.1) is 15.0 Å². The summed E-state index contributed by atoms with van der Waals surface area (Å²) in [7, 11) is 0. The van der Waals surface area contributed by atoms with Crippen LogP contribution in [-0.2, 0) is 0 Å². The molecule has 5 rings (SSSR count). The Bertz CT molecular complexity index is 1510. The van der Waals surface area contributed by atoms with Gasteiger partial charge in [0.25, 0.3) is 0 Å². The summed E-state index contributed by atoms with van der Waals surface area (Å²) in [4.78, 5) is 13.4. The molecule has 0 bridgehead atoms. The summed E-state index contributed by atoms with van der Waals surface area (Å²) in [6.45, 7) is 2.93.